The molecule has 0 saturated carbocycles. The Kier molecular flexibility index (Phi) is 10.1. The molecule has 0 aromatic heterocycles. The lowest BCUT2D eigenvalue weighted by Crippen LogP contribution is -2.25. The molecule has 0 saturated heterocycles. The van der Waals surface area contributed by atoms with Crippen molar-refractivity contribution in [3.05, 3.63) is 35.9 Å². The maximum atomic E-state index is 5.82. The first-order valence-corrected chi connectivity index (χ1v) is 6.20. The molecule has 0 radical (unpaired) electrons. The monoisotopic (exact) mass is 223 g/mol. The van der Waals surface area contributed by atoms with E-state index in [9.17, 15) is 0 Å². The van der Waals surface area contributed by atoms with Crippen LogP contribution in [-0.4, -0.2) is 12.6 Å². The van der Waals surface area contributed by atoms with Crippen LogP contribution in [0.5, 0.6) is 0 Å². The summed E-state index contributed by atoms with van der Waals surface area (Å²) in [6, 6.07) is 10.3. The number of hydrogen-bond acceptors (Lipinski definition) is 2. The molecule has 1 unspecified atom stereocenters. The van der Waals surface area contributed by atoms with E-state index in [-0.39, 0.29) is 6.04 Å². The Labute approximate surface area is 99.8 Å². The van der Waals surface area contributed by atoms with Crippen LogP contribution in [0.15, 0.2) is 30.3 Å². The van der Waals surface area contributed by atoms with Crippen LogP contribution in [0.1, 0.15) is 39.2 Å². The number of benzene rings is 1. The van der Waals surface area contributed by atoms with Gasteiger partial charge in [0.2, 0.25) is 0 Å². The van der Waals surface area contributed by atoms with Crippen molar-refractivity contribution in [3.63, 3.8) is 0 Å². The van der Waals surface area contributed by atoms with Crippen LogP contribution in [0, 0.1) is 0 Å². The van der Waals surface area contributed by atoms with Crippen molar-refractivity contribution in [3.8, 4) is 0 Å². The van der Waals surface area contributed by atoms with Gasteiger partial charge in [-0.2, -0.15) is 0 Å². The Morgan fingerprint density at radius 1 is 1.19 bits per heavy atom. The van der Waals surface area contributed by atoms with Crippen molar-refractivity contribution in [2.24, 2.45) is 5.73 Å². The maximum Gasteiger partial charge on any atom is 0.0717 e. The van der Waals surface area contributed by atoms with Gasteiger partial charge in [0.25, 0.3) is 0 Å². The third-order valence-electron chi connectivity index (χ3n) is 2.10. The first-order chi connectivity index (χ1) is 7.83. The van der Waals surface area contributed by atoms with Gasteiger partial charge in [0.1, 0.15) is 0 Å². The molecule has 0 amide bonds. The first-order valence-electron chi connectivity index (χ1n) is 6.20. The second kappa shape index (κ2) is 10.7. The fraction of sp³-hybridized carbons (Fsp3) is 0.571. The average Bonchev–Trinajstić information content (AvgIpc) is 2.33. The predicted molar refractivity (Wildman–Crippen MR) is 70.3 cm³/mol. The predicted octanol–water partition coefficient (Wildman–Crippen LogP) is 3.36. The molecule has 16 heavy (non-hydrogen) atoms. The third-order valence-corrected chi connectivity index (χ3v) is 2.10. The smallest absolute Gasteiger partial charge is 0.0717 e. The van der Waals surface area contributed by atoms with Crippen molar-refractivity contribution in [1.29, 1.82) is 0 Å². The summed E-state index contributed by atoms with van der Waals surface area (Å²) in [6.45, 7) is 7.46. The normalized spacial score (nSPS) is 11.5. The standard InChI is InChI=1S/C12H19NO.C2H6/c1-2-6-12(13)10-14-9-11-7-4-3-5-8-11;1-2/h3-5,7-8,12H,2,6,9-10,13H2,1H3;1-2H3. The minimum Gasteiger partial charge on any atom is -0.375 e. The summed E-state index contributed by atoms with van der Waals surface area (Å²) in [6.07, 6.45) is 2.16. The molecular weight excluding hydrogens is 198 g/mol. The topological polar surface area (TPSA) is 35.2 Å². The lowest BCUT2D eigenvalue weighted by atomic mass is 10.2. The zero-order chi connectivity index (χ0) is 12.2. The quantitative estimate of drug-likeness (QED) is 0.802. The van der Waals surface area contributed by atoms with Crippen molar-refractivity contribution >= 4 is 0 Å². The molecule has 2 N–H and O–H groups in total. The molecule has 0 spiro atoms. The third kappa shape index (κ3) is 7.43. The van der Waals surface area contributed by atoms with E-state index in [0.29, 0.717) is 13.2 Å². The summed E-state index contributed by atoms with van der Waals surface area (Å²) in [4.78, 5) is 0. The Balaban J connectivity index is 0.00000106. The lowest BCUT2D eigenvalue weighted by molar-refractivity contribution is 0.106. The highest BCUT2D eigenvalue weighted by atomic mass is 16.5. The zero-order valence-electron chi connectivity index (χ0n) is 10.8. The van der Waals surface area contributed by atoms with Gasteiger partial charge in [-0.25, -0.2) is 0 Å². The van der Waals surface area contributed by atoms with E-state index < -0.39 is 0 Å². The van der Waals surface area contributed by atoms with E-state index in [4.69, 9.17) is 10.5 Å². The molecule has 1 atom stereocenters. The van der Waals surface area contributed by atoms with E-state index in [1.165, 1.54) is 5.56 Å². The van der Waals surface area contributed by atoms with E-state index in [1.54, 1.807) is 0 Å². The van der Waals surface area contributed by atoms with Gasteiger partial charge in [0.05, 0.1) is 13.2 Å². The second-order valence-corrected chi connectivity index (χ2v) is 3.55. The van der Waals surface area contributed by atoms with Crippen LogP contribution in [0.3, 0.4) is 0 Å². The SMILES string of the molecule is CC.CCCC(N)COCc1ccccc1. The number of ether oxygens (including phenoxy) is 1. The molecule has 0 heterocycles. The fourth-order valence-corrected chi connectivity index (χ4v) is 1.36. The summed E-state index contributed by atoms with van der Waals surface area (Å²) in [5.74, 6) is 0. The molecule has 0 fully saturated rings. The Bertz CT molecular complexity index is 236. The van der Waals surface area contributed by atoms with Crippen molar-refractivity contribution in [2.75, 3.05) is 6.61 Å². The van der Waals surface area contributed by atoms with Gasteiger partial charge in [-0.3, -0.25) is 0 Å². The zero-order valence-corrected chi connectivity index (χ0v) is 10.8. The second-order valence-electron chi connectivity index (χ2n) is 3.55. The van der Waals surface area contributed by atoms with Crippen LogP contribution in [-0.2, 0) is 11.3 Å². The Morgan fingerprint density at radius 3 is 2.38 bits per heavy atom. The van der Waals surface area contributed by atoms with E-state index in [2.05, 4.69) is 19.1 Å². The number of rotatable bonds is 6. The lowest BCUT2D eigenvalue weighted by Gasteiger charge is -2.10. The molecule has 1 rings (SSSR count). The summed E-state index contributed by atoms with van der Waals surface area (Å²) >= 11 is 0. The van der Waals surface area contributed by atoms with Gasteiger partial charge in [-0.05, 0) is 12.0 Å². The van der Waals surface area contributed by atoms with Crippen LogP contribution in [0.4, 0.5) is 0 Å². The van der Waals surface area contributed by atoms with E-state index in [1.807, 2.05) is 32.0 Å². The molecule has 2 nitrogen and oxygen atoms in total. The molecule has 92 valence electrons. The summed E-state index contributed by atoms with van der Waals surface area (Å²) in [5.41, 5.74) is 7.03. The highest BCUT2D eigenvalue weighted by Gasteiger charge is 2.00. The Hall–Kier alpha value is -0.860. The maximum absolute atomic E-state index is 5.82. The minimum absolute atomic E-state index is 0.184. The molecule has 1 aromatic carbocycles. The molecule has 1 aromatic rings. The van der Waals surface area contributed by atoms with Crippen LogP contribution >= 0.6 is 0 Å². The fourth-order valence-electron chi connectivity index (χ4n) is 1.36. The summed E-state index contributed by atoms with van der Waals surface area (Å²) in [5, 5.41) is 0. The molecule has 2 heteroatoms. The van der Waals surface area contributed by atoms with Crippen molar-refractivity contribution in [2.45, 2.75) is 46.3 Å². The molecule has 0 aliphatic heterocycles. The largest absolute Gasteiger partial charge is 0.375 e. The molecule has 0 aliphatic carbocycles. The molecular formula is C14H25NO. The number of nitrogens with two attached hydrogens (primary N) is 1. The van der Waals surface area contributed by atoms with Gasteiger partial charge < -0.3 is 10.5 Å². The van der Waals surface area contributed by atoms with Gasteiger partial charge in [-0.15, -0.1) is 0 Å². The average molecular weight is 223 g/mol. The van der Waals surface area contributed by atoms with E-state index in [0.717, 1.165) is 12.8 Å². The molecule has 0 aliphatic rings. The van der Waals surface area contributed by atoms with E-state index >= 15 is 0 Å². The minimum atomic E-state index is 0.184. The summed E-state index contributed by atoms with van der Waals surface area (Å²) < 4.78 is 5.51. The van der Waals surface area contributed by atoms with Crippen molar-refractivity contribution < 1.29 is 4.74 Å². The first kappa shape index (κ1) is 15.1. The number of hydrogen-bond donors (Lipinski definition) is 1. The Morgan fingerprint density at radius 2 is 1.81 bits per heavy atom. The van der Waals surface area contributed by atoms with Crippen LogP contribution < -0.4 is 5.73 Å². The van der Waals surface area contributed by atoms with Crippen LogP contribution in [0.2, 0.25) is 0 Å². The highest BCUT2D eigenvalue weighted by molar-refractivity contribution is 5.13. The van der Waals surface area contributed by atoms with Gasteiger partial charge in [-0.1, -0.05) is 57.5 Å². The van der Waals surface area contributed by atoms with Gasteiger partial charge in [0.15, 0.2) is 0 Å². The van der Waals surface area contributed by atoms with Gasteiger partial charge in [0, 0.05) is 6.04 Å². The van der Waals surface area contributed by atoms with Crippen LogP contribution in [0.25, 0.3) is 0 Å². The molecule has 0 bridgehead atoms. The highest BCUT2D eigenvalue weighted by Crippen LogP contribution is 2.01. The van der Waals surface area contributed by atoms with Crippen molar-refractivity contribution in [1.82, 2.24) is 0 Å². The summed E-state index contributed by atoms with van der Waals surface area (Å²) in [7, 11) is 0. The van der Waals surface area contributed by atoms with Gasteiger partial charge >= 0.3 is 0 Å².